The van der Waals surface area contributed by atoms with E-state index < -0.39 is 0 Å². The second-order valence-electron chi connectivity index (χ2n) is 7.02. The number of carbonyl (C=O) groups is 1. The zero-order chi connectivity index (χ0) is 18.3. The molecule has 4 rings (SSSR count). The third-order valence-electron chi connectivity index (χ3n) is 4.87. The monoisotopic (exact) mass is 347 g/mol. The lowest BCUT2D eigenvalue weighted by atomic mass is 10.1. The Kier molecular flexibility index (Phi) is 4.07. The maximum Gasteiger partial charge on any atom is 0.232 e. The molecule has 0 spiro atoms. The molecule has 5 nitrogen and oxygen atoms in total. The quantitative estimate of drug-likeness (QED) is 0.713. The van der Waals surface area contributed by atoms with Crippen molar-refractivity contribution in [1.82, 2.24) is 10.1 Å². The highest BCUT2D eigenvalue weighted by molar-refractivity contribution is 5.97. The highest BCUT2D eigenvalue weighted by Crippen LogP contribution is 2.33. The average Bonchev–Trinajstić information content (AvgIpc) is 3.23. The molecule has 0 bridgehead atoms. The number of nitrogens with zero attached hydrogens (tertiary/aromatic N) is 3. The summed E-state index contributed by atoms with van der Waals surface area (Å²) >= 11 is 0. The third-order valence-corrected chi connectivity index (χ3v) is 4.87. The molecule has 2 heterocycles. The summed E-state index contributed by atoms with van der Waals surface area (Å²) in [7, 11) is 0. The van der Waals surface area contributed by atoms with Crippen molar-refractivity contribution in [3.05, 3.63) is 65.0 Å². The van der Waals surface area contributed by atoms with E-state index in [4.69, 9.17) is 4.52 Å². The van der Waals surface area contributed by atoms with Gasteiger partial charge in [0, 0.05) is 24.2 Å². The summed E-state index contributed by atoms with van der Waals surface area (Å²) in [6, 6.07) is 14.1. The molecule has 0 radical (unpaired) electrons. The molecule has 1 amide bonds. The number of amides is 1. The van der Waals surface area contributed by atoms with Crippen molar-refractivity contribution in [2.45, 2.75) is 33.1 Å². The summed E-state index contributed by atoms with van der Waals surface area (Å²) in [5.41, 5.74) is 5.35. The molecule has 1 fully saturated rings. The number of anilines is 1. The molecule has 0 saturated carbocycles. The molecule has 1 saturated heterocycles. The Balaban J connectivity index is 1.56. The molecule has 5 heteroatoms. The van der Waals surface area contributed by atoms with Gasteiger partial charge in [0.2, 0.25) is 17.6 Å². The Hall–Kier alpha value is -2.95. The zero-order valence-electron chi connectivity index (χ0n) is 15.2. The molecule has 1 atom stereocenters. The number of rotatable bonds is 3. The first-order valence-electron chi connectivity index (χ1n) is 8.79. The van der Waals surface area contributed by atoms with E-state index in [0.29, 0.717) is 24.7 Å². The van der Waals surface area contributed by atoms with Crippen molar-refractivity contribution in [2.75, 3.05) is 11.4 Å². The van der Waals surface area contributed by atoms with Crippen molar-refractivity contribution in [3.8, 4) is 11.4 Å². The molecule has 26 heavy (non-hydrogen) atoms. The van der Waals surface area contributed by atoms with E-state index in [-0.39, 0.29) is 11.8 Å². The van der Waals surface area contributed by atoms with Crippen LogP contribution >= 0.6 is 0 Å². The fourth-order valence-electron chi connectivity index (χ4n) is 3.43. The molecule has 0 N–H and O–H groups in total. The van der Waals surface area contributed by atoms with Crippen LogP contribution in [0.25, 0.3) is 11.4 Å². The van der Waals surface area contributed by atoms with Crippen LogP contribution in [-0.2, 0) is 4.79 Å². The minimum atomic E-state index is -0.0742. The predicted octanol–water partition coefficient (Wildman–Crippen LogP) is 4.18. The molecule has 2 aromatic carbocycles. The van der Waals surface area contributed by atoms with Crippen LogP contribution in [0.1, 0.15) is 34.9 Å². The maximum atomic E-state index is 12.5. The van der Waals surface area contributed by atoms with Crippen LogP contribution in [0.15, 0.2) is 47.0 Å². The summed E-state index contributed by atoms with van der Waals surface area (Å²) < 4.78 is 5.48. The largest absolute Gasteiger partial charge is 0.339 e. The standard InChI is InChI=1S/C21H21N3O2/c1-13-4-7-16(8-5-13)20-22-21(26-23-20)17-11-19(25)24(12-17)18-9-6-14(2)10-15(18)3/h4-10,17H,11-12H2,1-3H3/t17-/m0/s1. The smallest absolute Gasteiger partial charge is 0.232 e. The van der Waals surface area contributed by atoms with E-state index in [0.717, 1.165) is 16.8 Å². The van der Waals surface area contributed by atoms with Gasteiger partial charge >= 0.3 is 0 Å². The Labute approximate surface area is 152 Å². The summed E-state index contributed by atoms with van der Waals surface area (Å²) in [6.45, 7) is 6.69. The maximum absolute atomic E-state index is 12.5. The van der Waals surface area contributed by atoms with E-state index in [1.165, 1.54) is 11.1 Å². The molecule has 132 valence electrons. The topological polar surface area (TPSA) is 59.2 Å². The second kappa shape index (κ2) is 6.41. The Morgan fingerprint density at radius 3 is 2.50 bits per heavy atom. The Bertz CT molecular complexity index is 960. The molecule has 1 aliphatic heterocycles. The SMILES string of the molecule is Cc1ccc(-c2noc([C@H]3CC(=O)N(c4ccc(C)cc4C)C3)n2)cc1. The molecular weight excluding hydrogens is 326 g/mol. The molecular formula is C21H21N3O2. The first-order chi connectivity index (χ1) is 12.5. The van der Waals surface area contributed by atoms with Gasteiger partial charge < -0.3 is 9.42 Å². The van der Waals surface area contributed by atoms with Gasteiger partial charge in [0.1, 0.15) is 0 Å². The van der Waals surface area contributed by atoms with Gasteiger partial charge in [-0.05, 0) is 32.4 Å². The van der Waals surface area contributed by atoms with Gasteiger partial charge in [0.05, 0.1) is 5.92 Å². The second-order valence-corrected chi connectivity index (χ2v) is 7.02. The van der Waals surface area contributed by atoms with E-state index in [9.17, 15) is 4.79 Å². The number of carbonyl (C=O) groups excluding carboxylic acids is 1. The zero-order valence-corrected chi connectivity index (χ0v) is 15.2. The lowest BCUT2D eigenvalue weighted by molar-refractivity contribution is -0.117. The first-order valence-corrected chi connectivity index (χ1v) is 8.79. The highest BCUT2D eigenvalue weighted by atomic mass is 16.5. The summed E-state index contributed by atoms with van der Waals surface area (Å²) in [5, 5.41) is 4.10. The minimum Gasteiger partial charge on any atom is -0.339 e. The van der Waals surface area contributed by atoms with Crippen LogP contribution in [0, 0.1) is 20.8 Å². The third kappa shape index (κ3) is 3.01. The first kappa shape index (κ1) is 16.5. The molecule has 0 unspecified atom stereocenters. The Morgan fingerprint density at radius 2 is 1.77 bits per heavy atom. The van der Waals surface area contributed by atoms with Gasteiger partial charge in [0.25, 0.3) is 0 Å². The van der Waals surface area contributed by atoms with Crippen LogP contribution < -0.4 is 4.90 Å². The van der Waals surface area contributed by atoms with Gasteiger partial charge in [-0.1, -0.05) is 52.7 Å². The van der Waals surface area contributed by atoms with E-state index in [1.807, 2.05) is 55.1 Å². The number of benzene rings is 2. The lowest BCUT2D eigenvalue weighted by Crippen LogP contribution is -2.25. The fraction of sp³-hybridized carbons (Fsp3) is 0.286. The van der Waals surface area contributed by atoms with Crippen LogP contribution in [0.2, 0.25) is 0 Å². The van der Waals surface area contributed by atoms with E-state index in [2.05, 4.69) is 23.1 Å². The molecule has 0 aliphatic carbocycles. The van der Waals surface area contributed by atoms with Crippen molar-refractivity contribution in [1.29, 1.82) is 0 Å². The Morgan fingerprint density at radius 1 is 1.04 bits per heavy atom. The average molecular weight is 347 g/mol. The van der Waals surface area contributed by atoms with Crippen LogP contribution in [-0.4, -0.2) is 22.6 Å². The van der Waals surface area contributed by atoms with Gasteiger partial charge in [-0.15, -0.1) is 0 Å². The van der Waals surface area contributed by atoms with Crippen molar-refractivity contribution < 1.29 is 9.32 Å². The van der Waals surface area contributed by atoms with Gasteiger partial charge in [0.15, 0.2) is 0 Å². The van der Waals surface area contributed by atoms with Crippen molar-refractivity contribution in [2.24, 2.45) is 0 Å². The summed E-state index contributed by atoms with van der Waals surface area (Å²) in [5.74, 6) is 1.12. The van der Waals surface area contributed by atoms with Gasteiger partial charge in [-0.3, -0.25) is 4.79 Å². The number of hydrogen-bond donors (Lipinski definition) is 0. The van der Waals surface area contributed by atoms with Crippen molar-refractivity contribution >= 4 is 11.6 Å². The number of aromatic nitrogens is 2. The van der Waals surface area contributed by atoms with Crippen LogP contribution in [0.5, 0.6) is 0 Å². The van der Waals surface area contributed by atoms with Crippen LogP contribution in [0.3, 0.4) is 0 Å². The normalized spacial score (nSPS) is 17.1. The molecule has 3 aromatic rings. The van der Waals surface area contributed by atoms with E-state index >= 15 is 0 Å². The molecule has 1 aliphatic rings. The predicted molar refractivity (Wildman–Crippen MR) is 100 cm³/mol. The summed E-state index contributed by atoms with van der Waals surface area (Å²) in [6.07, 6.45) is 0.392. The molecule has 1 aromatic heterocycles. The van der Waals surface area contributed by atoms with Gasteiger partial charge in [-0.2, -0.15) is 4.98 Å². The number of aryl methyl sites for hydroxylation is 3. The highest BCUT2D eigenvalue weighted by Gasteiger charge is 2.35. The summed E-state index contributed by atoms with van der Waals surface area (Å²) in [4.78, 5) is 18.9. The fourth-order valence-corrected chi connectivity index (χ4v) is 3.43. The van der Waals surface area contributed by atoms with Gasteiger partial charge in [-0.25, -0.2) is 0 Å². The van der Waals surface area contributed by atoms with Crippen LogP contribution in [0.4, 0.5) is 5.69 Å². The number of hydrogen-bond acceptors (Lipinski definition) is 4. The van der Waals surface area contributed by atoms with E-state index in [1.54, 1.807) is 0 Å². The minimum absolute atomic E-state index is 0.0742. The lowest BCUT2D eigenvalue weighted by Gasteiger charge is -2.19. The van der Waals surface area contributed by atoms with Crippen molar-refractivity contribution in [3.63, 3.8) is 0 Å².